The van der Waals surface area contributed by atoms with Gasteiger partial charge >= 0.3 is 5.97 Å². The quantitative estimate of drug-likeness (QED) is 0.316. The SMILES string of the molecule is CCOC(=O)C1=C(C)N=c2s/c(=C/c3ccc(-c4cc(Cl)ccc4C)o3)c(=O)n2[C@H]1c1ccc(OC)cc1. The van der Waals surface area contributed by atoms with Crippen LogP contribution in [0.1, 0.15) is 36.8 Å². The molecule has 38 heavy (non-hydrogen) atoms. The summed E-state index contributed by atoms with van der Waals surface area (Å²) in [6.07, 6.45) is 1.70. The average Bonchev–Trinajstić information content (AvgIpc) is 3.49. The van der Waals surface area contributed by atoms with Crippen molar-refractivity contribution in [1.29, 1.82) is 0 Å². The molecule has 0 saturated heterocycles. The first-order valence-corrected chi connectivity index (χ1v) is 13.2. The number of hydrogen-bond acceptors (Lipinski definition) is 7. The summed E-state index contributed by atoms with van der Waals surface area (Å²) in [5, 5.41) is 0.614. The molecule has 0 fully saturated rings. The monoisotopic (exact) mass is 548 g/mol. The molecule has 9 heteroatoms. The van der Waals surface area contributed by atoms with Crippen molar-refractivity contribution in [3.63, 3.8) is 0 Å². The summed E-state index contributed by atoms with van der Waals surface area (Å²) >= 11 is 7.42. The van der Waals surface area contributed by atoms with Crippen molar-refractivity contribution < 1.29 is 18.7 Å². The molecular weight excluding hydrogens is 524 g/mol. The first kappa shape index (κ1) is 25.8. The molecule has 1 aliphatic rings. The van der Waals surface area contributed by atoms with Crippen LogP contribution in [0.15, 0.2) is 80.1 Å². The van der Waals surface area contributed by atoms with Crippen LogP contribution in [0.3, 0.4) is 0 Å². The molecule has 2 aromatic carbocycles. The number of aryl methyl sites for hydroxylation is 1. The van der Waals surface area contributed by atoms with Gasteiger partial charge in [-0.2, -0.15) is 0 Å². The molecule has 5 rings (SSSR count). The fourth-order valence-corrected chi connectivity index (χ4v) is 5.66. The van der Waals surface area contributed by atoms with Gasteiger partial charge in [0.05, 0.1) is 35.6 Å². The Bertz CT molecular complexity index is 1740. The van der Waals surface area contributed by atoms with E-state index in [-0.39, 0.29) is 12.2 Å². The molecule has 2 aromatic heterocycles. The van der Waals surface area contributed by atoms with Crippen molar-refractivity contribution in [2.75, 3.05) is 13.7 Å². The number of ether oxygens (including phenoxy) is 2. The fourth-order valence-electron chi connectivity index (χ4n) is 4.46. The third-order valence-corrected chi connectivity index (χ3v) is 7.53. The van der Waals surface area contributed by atoms with Gasteiger partial charge in [-0.25, -0.2) is 9.79 Å². The highest BCUT2D eigenvalue weighted by Crippen LogP contribution is 2.32. The number of carbonyl (C=O) groups is 1. The van der Waals surface area contributed by atoms with E-state index in [9.17, 15) is 9.59 Å². The molecule has 0 unspecified atom stereocenters. The Morgan fingerprint density at radius 3 is 2.63 bits per heavy atom. The summed E-state index contributed by atoms with van der Waals surface area (Å²) < 4.78 is 18.7. The summed E-state index contributed by atoms with van der Waals surface area (Å²) in [7, 11) is 1.58. The number of esters is 1. The molecule has 3 heterocycles. The van der Waals surface area contributed by atoms with E-state index in [1.807, 2.05) is 49.4 Å². The van der Waals surface area contributed by atoms with Crippen molar-refractivity contribution in [1.82, 2.24) is 4.57 Å². The number of halogens is 1. The lowest BCUT2D eigenvalue weighted by Gasteiger charge is -2.24. The second-order valence-corrected chi connectivity index (χ2v) is 10.2. The van der Waals surface area contributed by atoms with Crippen molar-refractivity contribution >= 4 is 35.0 Å². The van der Waals surface area contributed by atoms with E-state index in [4.69, 9.17) is 25.5 Å². The number of aromatic nitrogens is 1. The van der Waals surface area contributed by atoms with E-state index in [0.29, 0.717) is 42.9 Å². The molecule has 194 valence electrons. The minimum absolute atomic E-state index is 0.211. The molecule has 0 radical (unpaired) electrons. The summed E-state index contributed by atoms with van der Waals surface area (Å²) in [6.45, 7) is 5.69. The van der Waals surface area contributed by atoms with Crippen LogP contribution < -0.4 is 19.6 Å². The number of carbonyl (C=O) groups excluding carboxylic acids is 1. The van der Waals surface area contributed by atoms with Crippen molar-refractivity contribution in [3.8, 4) is 17.1 Å². The molecule has 1 aliphatic heterocycles. The normalized spacial score (nSPS) is 15.3. The zero-order valence-corrected chi connectivity index (χ0v) is 22.9. The molecule has 0 spiro atoms. The fraction of sp³-hybridized carbons (Fsp3) is 0.207. The van der Waals surface area contributed by atoms with Gasteiger partial charge in [-0.15, -0.1) is 0 Å². The lowest BCUT2D eigenvalue weighted by Crippen LogP contribution is -2.39. The zero-order valence-electron chi connectivity index (χ0n) is 21.3. The third kappa shape index (κ3) is 4.73. The molecule has 4 aromatic rings. The van der Waals surface area contributed by atoms with Crippen LogP contribution in [0, 0.1) is 6.92 Å². The van der Waals surface area contributed by atoms with Gasteiger partial charge in [0, 0.05) is 16.7 Å². The third-order valence-electron chi connectivity index (χ3n) is 6.31. The van der Waals surface area contributed by atoms with Gasteiger partial charge in [-0.1, -0.05) is 41.1 Å². The summed E-state index contributed by atoms with van der Waals surface area (Å²) in [5.41, 5.74) is 3.21. The van der Waals surface area contributed by atoms with Gasteiger partial charge in [0.25, 0.3) is 5.56 Å². The van der Waals surface area contributed by atoms with Crippen LogP contribution in [-0.4, -0.2) is 24.3 Å². The van der Waals surface area contributed by atoms with Crippen LogP contribution in [-0.2, 0) is 9.53 Å². The van der Waals surface area contributed by atoms with Crippen LogP contribution >= 0.6 is 22.9 Å². The maximum absolute atomic E-state index is 13.8. The first-order chi connectivity index (χ1) is 18.3. The van der Waals surface area contributed by atoms with Gasteiger partial charge in [0.1, 0.15) is 17.3 Å². The van der Waals surface area contributed by atoms with Crippen LogP contribution in [0.25, 0.3) is 17.4 Å². The summed E-state index contributed by atoms with van der Waals surface area (Å²) in [6, 6.07) is 15.8. The second kappa shape index (κ2) is 10.5. The van der Waals surface area contributed by atoms with E-state index < -0.39 is 12.0 Å². The van der Waals surface area contributed by atoms with Gasteiger partial charge in [-0.3, -0.25) is 9.36 Å². The summed E-state index contributed by atoms with van der Waals surface area (Å²) in [4.78, 5) is 31.9. The topological polar surface area (TPSA) is 83.0 Å². The van der Waals surface area contributed by atoms with Crippen molar-refractivity contribution in [3.05, 3.63) is 107 Å². The summed E-state index contributed by atoms with van der Waals surface area (Å²) in [5.74, 6) is 1.34. The number of thiazole rings is 1. The Labute approximate surface area is 227 Å². The molecule has 0 N–H and O–H groups in total. The predicted octanol–water partition coefficient (Wildman–Crippen LogP) is 5.03. The first-order valence-electron chi connectivity index (χ1n) is 12.0. The lowest BCUT2D eigenvalue weighted by molar-refractivity contribution is -0.139. The predicted molar refractivity (Wildman–Crippen MR) is 147 cm³/mol. The molecule has 0 amide bonds. The lowest BCUT2D eigenvalue weighted by atomic mass is 9.96. The Kier molecular flexibility index (Phi) is 7.10. The molecule has 0 aliphatic carbocycles. The van der Waals surface area contributed by atoms with Gasteiger partial charge in [-0.05, 0) is 68.3 Å². The van der Waals surface area contributed by atoms with Gasteiger partial charge in [0.2, 0.25) is 0 Å². The number of nitrogens with zero attached hydrogens (tertiary/aromatic N) is 2. The van der Waals surface area contributed by atoms with E-state index >= 15 is 0 Å². The average molecular weight is 549 g/mol. The van der Waals surface area contributed by atoms with Crippen molar-refractivity contribution in [2.24, 2.45) is 4.99 Å². The highest BCUT2D eigenvalue weighted by atomic mass is 35.5. The molecular formula is C29H25ClN2O5S. The number of furan rings is 1. The molecule has 0 bridgehead atoms. The number of rotatable bonds is 6. The van der Waals surface area contributed by atoms with Gasteiger partial charge in [0.15, 0.2) is 4.80 Å². The highest BCUT2D eigenvalue weighted by Gasteiger charge is 2.33. The Morgan fingerprint density at radius 1 is 1.16 bits per heavy atom. The molecule has 7 nitrogen and oxygen atoms in total. The van der Waals surface area contributed by atoms with E-state index in [1.54, 1.807) is 43.7 Å². The number of hydrogen-bond donors (Lipinski definition) is 0. The molecule has 1 atom stereocenters. The number of fused-ring (bicyclic) bond motifs is 1. The number of methoxy groups -OCH3 is 1. The molecule has 0 saturated carbocycles. The zero-order chi connectivity index (χ0) is 27.0. The van der Waals surface area contributed by atoms with E-state index in [1.165, 1.54) is 11.3 Å². The Morgan fingerprint density at radius 2 is 1.92 bits per heavy atom. The maximum atomic E-state index is 13.8. The van der Waals surface area contributed by atoms with Crippen molar-refractivity contribution in [2.45, 2.75) is 26.8 Å². The van der Waals surface area contributed by atoms with Crippen LogP contribution in [0.5, 0.6) is 5.75 Å². The van der Waals surface area contributed by atoms with Crippen LogP contribution in [0.4, 0.5) is 0 Å². The van der Waals surface area contributed by atoms with Gasteiger partial charge < -0.3 is 13.9 Å². The van der Waals surface area contributed by atoms with E-state index in [2.05, 4.69) is 4.99 Å². The second-order valence-electron chi connectivity index (χ2n) is 8.74. The maximum Gasteiger partial charge on any atom is 0.338 e. The standard InChI is InChI=1S/C29H25ClN2O5S/c1-5-36-28(34)25-17(3)31-29-32(26(25)18-7-10-20(35-4)11-8-18)27(33)24(38-29)15-21-12-13-23(37-21)22-14-19(30)9-6-16(22)2/h6-15,26H,5H2,1-4H3/b24-15+/t26-/m0/s1. The van der Waals surface area contributed by atoms with Crippen LogP contribution in [0.2, 0.25) is 5.02 Å². The Hall–Kier alpha value is -3.88. The number of allylic oxidation sites excluding steroid dienone is 1. The number of benzene rings is 2. The van der Waals surface area contributed by atoms with E-state index in [0.717, 1.165) is 16.7 Å². The minimum atomic E-state index is -0.695. The minimum Gasteiger partial charge on any atom is -0.497 e. The Balaban J connectivity index is 1.64. The largest absolute Gasteiger partial charge is 0.497 e. The highest BCUT2D eigenvalue weighted by molar-refractivity contribution is 7.07. The smallest absolute Gasteiger partial charge is 0.338 e.